The van der Waals surface area contributed by atoms with Gasteiger partial charge in [0.15, 0.2) is 0 Å². The van der Waals surface area contributed by atoms with Gasteiger partial charge in [0.2, 0.25) is 11.8 Å². The van der Waals surface area contributed by atoms with Crippen molar-refractivity contribution in [3.63, 3.8) is 0 Å². The van der Waals surface area contributed by atoms with Crippen molar-refractivity contribution in [2.24, 2.45) is 5.92 Å². The number of carbonyl (C=O) groups is 2. The molecule has 0 radical (unpaired) electrons. The van der Waals surface area contributed by atoms with Crippen LogP contribution in [0.15, 0.2) is 48.8 Å². The van der Waals surface area contributed by atoms with E-state index in [2.05, 4.69) is 4.98 Å². The first-order valence-corrected chi connectivity index (χ1v) is 8.55. The first-order chi connectivity index (χ1) is 12.0. The Balaban J connectivity index is 1.59. The van der Waals surface area contributed by atoms with E-state index in [0.717, 1.165) is 23.2 Å². The Bertz CT molecular complexity index is 743. The Hall–Kier alpha value is -2.69. The molecule has 3 rings (SSSR count). The van der Waals surface area contributed by atoms with Crippen LogP contribution in [0.25, 0.3) is 0 Å². The number of aromatic nitrogens is 1. The van der Waals surface area contributed by atoms with Crippen LogP contribution in [-0.2, 0) is 16.0 Å². The highest BCUT2D eigenvalue weighted by Gasteiger charge is 2.36. The minimum atomic E-state index is -0.267. The van der Waals surface area contributed by atoms with Crippen LogP contribution < -0.4 is 4.90 Å². The molecule has 0 unspecified atom stereocenters. The largest absolute Gasteiger partial charge is 0.345 e. The molecule has 2 heterocycles. The van der Waals surface area contributed by atoms with Gasteiger partial charge in [-0.2, -0.15) is 0 Å². The third kappa shape index (κ3) is 4.05. The molecular weight excluding hydrogens is 314 g/mol. The van der Waals surface area contributed by atoms with Crippen molar-refractivity contribution in [3.8, 4) is 0 Å². The summed E-state index contributed by atoms with van der Waals surface area (Å²) in [6, 6.07) is 11.8. The zero-order chi connectivity index (χ0) is 17.8. The molecule has 130 valence electrons. The molecule has 0 N–H and O–H groups in total. The number of likely N-dealkylation sites (N-methyl/N-ethyl adjacent to an activating group) is 1. The quantitative estimate of drug-likeness (QED) is 0.842. The van der Waals surface area contributed by atoms with Crippen LogP contribution in [-0.4, -0.2) is 41.8 Å². The van der Waals surface area contributed by atoms with E-state index in [1.807, 2.05) is 50.4 Å². The summed E-state index contributed by atoms with van der Waals surface area (Å²) in [6.07, 6.45) is 4.58. The molecule has 1 aromatic carbocycles. The minimum absolute atomic E-state index is 0.0183. The van der Waals surface area contributed by atoms with Crippen molar-refractivity contribution in [1.82, 2.24) is 9.88 Å². The summed E-state index contributed by atoms with van der Waals surface area (Å²) >= 11 is 0. The number of anilines is 1. The molecule has 0 bridgehead atoms. The molecule has 1 aliphatic heterocycles. The van der Waals surface area contributed by atoms with Crippen LogP contribution in [0.3, 0.4) is 0 Å². The fraction of sp³-hybridized carbons (Fsp3) is 0.350. The van der Waals surface area contributed by atoms with Crippen LogP contribution in [0.1, 0.15) is 17.5 Å². The third-order valence-corrected chi connectivity index (χ3v) is 4.68. The van der Waals surface area contributed by atoms with Gasteiger partial charge in [0.05, 0.1) is 5.92 Å². The lowest BCUT2D eigenvalue weighted by molar-refractivity contribution is -0.134. The summed E-state index contributed by atoms with van der Waals surface area (Å²) in [4.78, 5) is 32.5. The van der Waals surface area contributed by atoms with E-state index in [0.29, 0.717) is 13.1 Å². The highest BCUT2D eigenvalue weighted by Crippen LogP contribution is 2.26. The van der Waals surface area contributed by atoms with Crippen molar-refractivity contribution < 1.29 is 9.59 Å². The van der Waals surface area contributed by atoms with Crippen LogP contribution in [0.4, 0.5) is 5.69 Å². The Kier molecular flexibility index (Phi) is 5.12. The monoisotopic (exact) mass is 337 g/mol. The lowest BCUT2D eigenvalue weighted by Crippen LogP contribution is -2.36. The number of hydrogen-bond donors (Lipinski definition) is 0. The average molecular weight is 337 g/mol. The van der Waals surface area contributed by atoms with Gasteiger partial charge in [0, 0.05) is 44.6 Å². The van der Waals surface area contributed by atoms with Crippen LogP contribution in [0, 0.1) is 12.8 Å². The molecule has 0 saturated carbocycles. The Labute approximate surface area is 148 Å². The number of rotatable bonds is 5. The molecule has 2 aromatic rings. The number of pyridine rings is 1. The number of hydrogen-bond acceptors (Lipinski definition) is 3. The molecule has 0 aliphatic carbocycles. The normalized spacial score (nSPS) is 17.0. The highest BCUT2D eigenvalue weighted by atomic mass is 16.2. The summed E-state index contributed by atoms with van der Waals surface area (Å²) in [5.41, 5.74) is 3.17. The first kappa shape index (κ1) is 17.1. The van der Waals surface area contributed by atoms with E-state index in [4.69, 9.17) is 0 Å². The maximum absolute atomic E-state index is 12.7. The van der Waals surface area contributed by atoms with Gasteiger partial charge in [-0.3, -0.25) is 14.6 Å². The summed E-state index contributed by atoms with van der Waals surface area (Å²) in [5, 5.41) is 0. The summed E-state index contributed by atoms with van der Waals surface area (Å²) in [6.45, 7) is 3.11. The third-order valence-electron chi connectivity index (χ3n) is 4.68. The smallest absolute Gasteiger partial charge is 0.227 e. The molecule has 5 heteroatoms. The zero-order valence-corrected chi connectivity index (χ0v) is 14.7. The Morgan fingerprint density at radius 2 is 1.88 bits per heavy atom. The van der Waals surface area contributed by atoms with Crippen molar-refractivity contribution in [1.29, 1.82) is 0 Å². The molecule has 1 fully saturated rings. The number of benzene rings is 1. The summed E-state index contributed by atoms with van der Waals surface area (Å²) < 4.78 is 0. The summed E-state index contributed by atoms with van der Waals surface area (Å²) in [7, 11) is 1.81. The second-order valence-corrected chi connectivity index (χ2v) is 6.61. The molecule has 2 amide bonds. The van der Waals surface area contributed by atoms with Gasteiger partial charge in [0.1, 0.15) is 0 Å². The maximum atomic E-state index is 12.7. The van der Waals surface area contributed by atoms with Crippen LogP contribution >= 0.6 is 0 Å². The highest BCUT2D eigenvalue weighted by molar-refractivity contribution is 6.00. The predicted molar refractivity (Wildman–Crippen MR) is 97.2 cm³/mol. The van der Waals surface area contributed by atoms with Crippen molar-refractivity contribution >= 4 is 17.5 Å². The number of amides is 2. The molecule has 5 nitrogen and oxygen atoms in total. The van der Waals surface area contributed by atoms with E-state index in [9.17, 15) is 9.59 Å². The van der Waals surface area contributed by atoms with Gasteiger partial charge in [0.25, 0.3) is 0 Å². The number of aryl methyl sites for hydroxylation is 1. The van der Waals surface area contributed by atoms with Crippen LogP contribution in [0.2, 0.25) is 0 Å². The maximum Gasteiger partial charge on any atom is 0.227 e. The molecule has 25 heavy (non-hydrogen) atoms. The van der Waals surface area contributed by atoms with E-state index >= 15 is 0 Å². The second kappa shape index (κ2) is 7.47. The van der Waals surface area contributed by atoms with E-state index in [-0.39, 0.29) is 24.2 Å². The van der Waals surface area contributed by atoms with Gasteiger partial charge in [-0.25, -0.2) is 0 Å². The average Bonchev–Trinajstić information content (AvgIpc) is 3.02. The Morgan fingerprint density at radius 1 is 1.20 bits per heavy atom. The van der Waals surface area contributed by atoms with Gasteiger partial charge in [-0.15, -0.1) is 0 Å². The van der Waals surface area contributed by atoms with Gasteiger partial charge in [-0.05, 0) is 43.2 Å². The number of nitrogens with zero attached hydrogens (tertiary/aromatic N) is 3. The molecule has 1 atom stereocenters. The van der Waals surface area contributed by atoms with E-state index < -0.39 is 0 Å². The van der Waals surface area contributed by atoms with Crippen molar-refractivity contribution in [2.75, 3.05) is 25.0 Å². The fourth-order valence-electron chi connectivity index (χ4n) is 3.12. The lowest BCUT2D eigenvalue weighted by atomic mass is 10.1. The molecule has 1 aromatic heterocycles. The predicted octanol–water partition coefficient (Wildman–Crippen LogP) is 2.44. The summed E-state index contributed by atoms with van der Waals surface area (Å²) in [5.74, 6) is -0.210. The molecule has 1 saturated heterocycles. The van der Waals surface area contributed by atoms with E-state index in [1.165, 1.54) is 0 Å². The standard InChI is InChI=1S/C20H23N3O2/c1-15-3-5-18(6-4-15)23-14-17(13-19(23)24)20(25)22(2)12-9-16-7-10-21-11-8-16/h3-8,10-11,17H,9,12-14H2,1-2H3/t17-/m0/s1. The molecule has 1 aliphatic rings. The first-order valence-electron chi connectivity index (χ1n) is 8.55. The lowest BCUT2D eigenvalue weighted by Gasteiger charge is -2.21. The molecule has 0 spiro atoms. The Morgan fingerprint density at radius 3 is 2.56 bits per heavy atom. The van der Waals surface area contributed by atoms with Crippen molar-refractivity contribution in [3.05, 3.63) is 59.9 Å². The SMILES string of the molecule is Cc1ccc(N2C[C@@H](C(=O)N(C)CCc3ccncc3)CC2=O)cc1. The second-order valence-electron chi connectivity index (χ2n) is 6.61. The van der Waals surface area contributed by atoms with Gasteiger partial charge >= 0.3 is 0 Å². The topological polar surface area (TPSA) is 53.5 Å². The van der Waals surface area contributed by atoms with Crippen LogP contribution in [0.5, 0.6) is 0 Å². The number of carbonyl (C=O) groups excluding carboxylic acids is 2. The van der Waals surface area contributed by atoms with E-state index in [1.54, 1.807) is 22.2 Å². The molecular formula is C20H23N3O2. The zero-order valence-electron chi connectivity index (χ0n) is 14.7. The minimum Gasteiger partial charge on any atom is -0.345 e. The van der Waals surface area contributed by atoms with Gasteiger partial charge < -0.3 is 9.80 Å². The van der Waals surface area contributed by atoms with Gasteiger partial charge in [-0.1, -0.05) is 17.7 Å². The fourth-order valence-corrected chi connectivity index (χ4v) is 3.12. The van der Waals surface area contributed by atoms with Crippen molar-refractivity contribution in [2.45, 2.75) is 19.8 Å².